The molecule has 104 valence electrons. The fraction of sp³-hybridized carbons (Fsp3) is 0.462. The molecule has 0 fully saturated rings. The van der Waals surface area contributed by atoms with Gasteiger partial charge in [0.05, 0.1) is 6.04 Å². The number of amides is 1. The molecule has 0 aromatic heterocycles. The van der Waals surface area contributed by atoms with Crippen LogP contribution in [-0.4, -0.2) is 28.9 Å². The molecule has 5 nitrogen and oxygen atoms in total. The third-order valence-corrected chi connectivity index (χ3v) is 2.47. The second-order valence-corrected chi connectivity index (χ2v) is 5.41. The number of ether oxygens (including phenoxy) is 1. The second-order valence-electron chi connectivity index (χ2n) is 5.41. The lowest BCUT2D eigenvalue weighted by molar-refractivity contribution is 0.0508. The highest BCUT2D eigenvalue weighted by molar-refractivity contribution is 6.58. The van der Waals surface area contributed by atoms with Gasteiger partial charge in [-0.05, 0) is 38.7 Å². The summed E-state index contributed by atoms with van der Waals surface area (Å²) in [6, 6.07) is 6.45. The van der Waals surface area contributed by atoms with Crippen molar-refractivity contribution in [2.45, 2.75) is 39.3 Å². The van der Waals surface area contributed by atoms with Gasteiger partial charge in [-0.2, -0.15) is 0 Å². The Hall–Kier alpha value is -1.53. The number of hydrogen-bond donors (Lipinski definition) is 3. The van der Waals surface area contributed by atoms with Crippen LogP contribution in [0.1, 0.15) is 39.3 Å². The minimum atomic E-state index is -1.48. The standard InChI is InChI=1S/C13H20BNO4/c1-9(15-12(16)19-13(2,3)4)10-5-7-11(8-6-10)14(17)18/h5-9,17-18H,1-4H3,(H,15,16). The maximum atomic E-state index is 11.6. The summed E-state index contributed by atoms with van der Waals surface area (Å²) in [4.78, 5) is 11.6. The number of rotatable bonds is 3. The highest BCUT2D eigenvalue weighted by atomic mass is 16.6. The summed E-state index contributed by atoms with van der Waals surface area (Å²) < 4.78 is 5.16. The van der Waals surface area contributed by atoms with E-state index in [0.717, 1.165) is 5.56 Å². The predicted octanol–water partition coefficient (Wildman–Crippen LogP) is 0.952. The predicted molar refractivity (Wildman–Crippen MR) is 74.1 cm³/mol. The Labute approximate surface area is 113 Å². The molecule has 1 aromatic rings. The first-order valence-corrected chi connectivity index (χ1v) is 6.14. The largest absolute Gasteiger partial charge is 0.488 e. The number of alkyl carbamates (subject to hydrolysis) is 1. The molecule has 19 heavy (non-hydrogen) atoms. The Morgan fingerprint density at radius 3 is 2.21 bits per heavy atom. The molecule has 6 heteroatoms. The first-order chi connectivity index (χ1) is 8.69. The zero-order chi connectivity index (χ0) is 14.6. The van der Waals surface area contributed by atoms with Crippen molar-refractivity contribution in [1.29, 1.82) is 0 Å². The average Bonchev–Trinajstić information content (AvgIpc) is 2.26. The Morgan fingerprint density at radius 2 is 1.79 bits per heavy atom. The zero-order valence-electron chi connectivity index (χ0n) is 11.7. The van der Waals surface area contributed by atoms with Crippen LogP contribution in [0.15, 0.2) is 24.3 Å². The van der Waals surface area contributed by atoms with Crippen molar-refractivity contribution >= 4 is 18.7 Å². The van der Waals surface area contributed by atoms with Gasteiger partial charge in [0.15, 0.2) is 0 Å². The molecule has 1 unspecified atom stereocenters. The number of benzene rings is 1. The van der Waals surface area contributed by atoms with Crippen LogP contribution in [0.25, 0.3) is 0 Å². The van der Waals surface area contributed by atoms with Gasteiger partial charge in [-0.25, -0.2) is 4.79 Å². The number of nitrogens with one attached hydrogen (secondary N) is 1. The van der Waals surface area contributed by atoms with Gasteiger partial charge in [-0.15, -0.1) is 0 Å². The van der Waals surface area contributed by atoms with E-state index in [1.54, 1.807) is 45.0 Å². The fourth-order valence-corrected chi connectivity index (χ4v) is 1.52. The van der Waals surface area contributed by atoms with Crippen molar-refractivity contribution in [2.24, 2.45) is 0 Å². The van der Waals surface area contributed by atoms with Gasteiger partial charge in [0, 0.05) is 0 Å². The Kier molecular flexibility index (Phi) is 4.97. The first kappa shape index (κ1) is 15.5. The molecule has 0 radical (unpaired) electrons. The van der Waals surface area contributed by atoms with E-state index in [1.165, 1.54) is 0 Å². The molecule has 1 amide bonds. The van der Waals surface area contributed by atoms with Crippen molar-refractivity contribution < 1.29 is 19.6 Å². The topological polar surface area (TPSA) is 78.8 Å². The summed E-state index contributed by atoms with van der Waals surface area (Å²) >= 11 is 0. The van der Waals surface area contributed by atoms with Crippen molar-refractivity contribution in [3.05, 3.63) is 29.8 Å². The Bertz CT molecular complexity index is 425. The van der Waals surface area contributed by atoms with E-state index >= 15 is 0 Å². The van der Waals surface area contributed by atoms with Crippen LogP contribution in [-0.2, 0) is 4.74 Å². The van der Waals surface area contributed by atoms with Crippen LogP contribution in [0.3, 0.4) is 0 Å². The maximum Gasteiger partial charge on any atom is 0.488 e. The van der Waals surface area contributed by atoms with Gasteiger partial charge in [-0.1, -0.05) is 24.3 Å². The van der Waals surface area contributed by atoms with Gasteiger partial charge in [-0.3, -0.25) is 0 Å². The Balaban J connectivity index is 2.63. The van der Waals surface area contributed by atoms with Crippen LogP contribution in [0.4, 0.5) is 4.79 Å². The van der Waals surface area contributed by atoms with Crippen LogP contribution in [0.2, 0.25) is 0 Å². The van der Waals surface area contributed by atoms with Crippen molar-refractivity contribution in [2.75, 3.05) is 0 Å². The zero-order valence-corrected chi connectivity index (χ0v) is 11.7. The van der Waals surface area contributed by atoms with Crippen LogP contribution < -0.4 is 10.8 Å². The lowest BCUT2D eigenvalue weighted by atomic mass is 9.80. The molecule has 0 heterocycles. The van der Waals surface area contributed by atoms with Crippen molar-refractivity contribution in [1.82, 2.24) is 5.32 Å². The maximum absolute atomic E-state index is 11.6. The molecule has 0 aliphatic rings. The van der Waals surface area contributed by atoms with E-state index in [1.807, 2.05) is 6.92 Å². The Morgan fingerprint density at radius 1 is 1.26 bits per heavy atom. The van der Waals surface area contributed by atoms with E-state index in [0.29, 0.717) is 5.46 Å². The first-order valence-electron chi connectivity index (χ1n) is 6.14. The van der Waals surface area contributed by atoms with E-state index in [4.69, 9.17) is 14.8 Å². The normalized spacial score (nSPS) is 12.7. The van der Waals surface area contributed by atoms with Gasteiger partial charge < -0.3 is 20.1 Å². The summed E-state index contributed by atoms with van der Waals surface area (Å²) in [5.41, 5.74) is 0.734. The average molecular weight is 265 g/mol. The highest BCUT2D eigenvalue weighted by Crippen LogP contribution is 2.13. The molecule has 1 atom stereocenters. The fourth-order valence-electron chi connectivity index (χ4n) is 1.52. The molecule has 0 aliphatic carbocycles. The third kappa shape index (κ3) is 5.32. The summed E-state index contributed by atoms with van der Waals surface area (Å²) in [7, 11) is -1.48. The monoisotopic (exact) mass is 265 g/mol. The van der Waals surface area contributed by atoms with Gasteiger partial charge in [0.25, 0.3) is 0 Å². The molecule has 3 N–H and O–H groups in total. The van der Waals surface area contributed by atoms with Crippen LogP contribution in [0, 0.1) is 0 Å². The smallest absolute Gasteiger partial charge is 0.444 e. The lowest BCUT2D eigenvalue weighted by Crippen LogP contribution is -2.34. The van der Waals surface area contributed by atoms with Crippen LogP contribution >= 0.6 is 0 Å². The molecule has 0 saturated heterocycles. The van der Waals surface area contributed by atoms with Gasteiger partial charge in [0.2, 0.25) is 0 Å². The molecule has 0 aliphatic heterocycles. The quantitative estimate of drug-likeness (QED) is 0.711. The second kappa shape index (κ2) is 6.08. The SMILES string of the molecule is CC(NC(=O)OC(C)(C)C)c1ccc(B(O)O)cc1. The van der Waals surface area contributed by atoms with Gasteiger partial charge in [0.1, 0.15) is 5.60 Å². The van der Waals surface area contributed by atoms with Crippen LogP contribution in [0.5, 0.6) is 0 Å². The van der Waals surface area contributed by atoms with E-state index in [2.05, 4.69) is 5.32 Å². The minimum absolute atomic E-state index is 0.222. The van der Waals surface area contributed by atoms with E-state index in [9.17, 15) is 4.79 Å². The molecule has 0 spiro atoms. The summed E-state index contributed by atoms with van der Waals surface area (Å²) in [5, 5.41) is 20.7. The lowest BCUT2D eigenvalue weighted by Gasteiger charge is -2.22. The molecule has 1 rings (SSSR count). The third-order valence-electron chi connectivity index (χ3n) is 2.47. The number of carbonyl (C=O) groups excluding carboxylic acids is 1. The van der Waals surface area contributed by atoms with Crippen molar-refractivity contribution in [3.8, 4) is 0 Å². The highest BCUT2D eigenvalue weighted by Gasteiger charge is 2.18. The minimum Gasteiger partial charge on any atom is -0.444 e. The molecular formula is C13H20BNO4. The number of hydrogen-bond acceptors (Lipinski definition) is 4. The van der Waals surface area contributed by atoms with E-state index in [-0.39, 0.29) is 6.04 Å². The molecule has 0 bridgehead atoms. The van der Waals surface area contributed by atoms with E-state index < -0.39 is 18.8 Å². The summed E-state index contributed by atoms with van der Waals surface area (Å²) in [6.45, 7) is 7.23. The summed E-state index contributed by atoms with van der Waals surface area (Å²) in [5.74, 6) is 0. The molecule has 0 saturated carbocycles. The number of carbonyl (C=O) groups is 1. The molecule has 1 aromatic carbocycles. The molecular weight excluding hydrogens is 245 g/mol. The van der Waals surface area contributed by atoms with Gasteiger partial charge >= 0.3 is 13.2 Å². The van der Waals surface area contributed by atoms with Crippen molar-refractivity contribution in [3.63, 3.8) is 0 Å². The summed E-state index contributed by atoms with van der Waals surface area (Å²) in [6.07, 6.45) is -0.480.